The topological polar surface area (TPSA) is 65.2 Å². The van der Waals surface area contributed by atoms with E-state index in [4.69, 9.17) is 0 Å². The zero-order valence-corrected chi connectivity index (χ0v) is 18.7. The highest BCUT2D eigenvalue weighted by Crippen LogP contribution is 2.36. The van der Waals surface area contributed by atoms with Crippen molar-refractivity contribution in [2.75, 3.05) is 13.1 Å². The van der Waals surface area contributed by atoms with Crippen molar-refractivity contribution < 1.29 is 14.0 Å². The van der Waals surface area contributed by atoms with Gasteiger partial charge in [0.1, 0.15) is 11.9 Å². The largest absolute Gasteiger partial charge is 0.361 e. The molecule has 2 unspecified atom stereocenters. The second kappa shape index (κ2) is 9.38. The molecule has 2 N–H and O–H groups in total. The summed E-state index contributed by atoms with van der Waals surface area (Å²) in [6.45, 7) is 1.52. The quantitative estimate of drug-likeness (QED) is 0.596. The second-order valence-electron chi connectivity index (χ2n) is 9.47. The van der Waals surface area contributed by atoms with Gasteiger partial charge in [0.2, 0.25) is 5.91 Å². The molecule has 1 aliphatic carbocycles. The number of amides is 2. The molecular weight excluding hydrogens is 417 g/mol. The van der Waals surface area contributed by atoms with Gasteiger partial charge in [0, 0.05) is 42.2 Å². The van der Waals surface area contributed by atoms with Crippen molar-refractivity contribution in [3.05, 3.63) is 71.7 Å². The van der Waals surface area contributed by atoms with E-state index in [2.05, 4.69) is 10.3 Å². The number of para-hydroxylation sites is 1. The Morgan fingerprint density at radius 1 is 1.03 bits per heavy atom. The van der Waals surface area contributed by atoms with E-state index in [0.717, 1.165) is 41.9 Å². The van der Waals surface area contributed by atoms with E-state index < -0.39 is 11.9 Å². The Hall–Kier alpha value is -3.15. The van der Waals surface area contributed by atoms with Crippen LogP contribution in [0.4, 0.5) is 4.39 Å². The average Bonchev–Trinajstić information content (AvgIpc) is 3.26. The first-order valence-corrected chi connectivity index (χ1v) is 12.0. The minimum atomic E-state index is -0.679. The molecule has 0 radical (unpaired) electrons. The molecule has 1 saturated heterocycles. The Labute approximate surface area is 193 Å². The number of H-pyrrole nitrogens is 1. The molecule has 0 spiro atoms. The van der Waals surface area contributed by atoms with Crippen molar-refractivity contribution in [1.82, 2.24) is 15.2 Å². The first-order valence-electron chi connectivity index (χ1n) is 12.0. The summed E-state index contributed by atoms with van der Waals surface area (Å²) >= 11 is 0. The fourth-order valence-corrected chi connectivity index (χ4v) is 5.58. The standard InChI is InChI=1S/C27H30FN3O2/c28-22-11-9-19(10-12-22)26(32)30-25(15-21-16-29-24-8-4-3-7-23(21)24)27(33)31-14-13-18-5-1-2-6-20(18)17-31/h3-4,7-12,16,18,20,25,29H,1-2,5-6,13-15,17H2,(H,30,32)/t18?,20?,25-/m0/s1. The van der Waals surface area contributed by atoms with E-state index >= 15 is 0 Å². The molecule has 2 heterocycles. The minimum absolute atomic E-state index is 0.0280. The number of nitrogens with zero attached hydrogens (tertiary/aromatic N) is 1. The molecular formula is C27H30FN3O2. The first-order chi connectivity index (χ1) is 16.1. The molecule has 6 heteroatoms. The van der Waals surface area contributed by atoms with Gasteiger partial charge in [-0.25, -0.2) is 4.39 Å². The lowest BCUT2D eigenvalue weighted by molar-refractivity contribution is -0.136. The van der Waals surface area contributed by atoms with Crippen LogP contribution in [-0.4, -0.2) is 40.8 Å². The summed E-state index contributed by atoms with van der Waals surface area (Å²) in [4.78, 5) is 31.9. The van der Waals surface area contributed by atoms with Gasteiger partial charge >= 0.3 is 0 Å². The molecule has 1 aliphatic heterocycles. The summed E-state index contributed by atoms with van der Waals surface area (Å²) in [5.41, 5.74) is 2.35. The smallest absolute Gasteiger partial charge is 0.251 e. The lowest BCUT2D eigenvalue weighted by Crippen LogP contribution is -2.53. The number of likely N-dealkylation sites (tertiary alicyclic amines) is 1. The van der Waals surface area contributed by atoms with Gasteiger partial charge in [-0.05, 0) is 60.6 Å². The van der Waals surface area contributed by atoms with Gasteiger partial charge in [0.15, 0.2) is 0 Å². The van der Waals surface area contributed by atoms with Crippen LogP contribution in [0.2, 0.25) is 0 Å². The van der Waals surface area contributed by atoms with Gasteiger partial charge in [0.25, 0.3) is 5.91 Å². The molecule has 1 aromatic heterocycles. The van der Waals surface area contributed by atoms with E-state index in [9.17, 15) is 14.0 Å². The predicted octanol–water partition coefficient (Wildman–Crippen LogP) is 4.69. The van der Waals surface area contributed by atoms with Gasteiger partial charge in [-0.2, -0.15) is 0 Å². The molecule has 5 rings (SSSR count). The van der Waals surface area contributed by atoms with Crippen LogP contribution in [0, 0.1) is 17.7 Å². The fraction of sp³-hybridized carbons (Fsp3) is 0.407. The average molecular weight is 448 g/mol. The Kier molecular flexibility index (Phi) is 6.16. The SMILES string of the molecule is O=C(N[C@@H](Cc1c[nH]c2ccccc12)C(=O)N1CCC2CCCCC2C1)c1ccc(F)cc1. The number of carbonyl (C=O) groups is 2. The van der Waals surface area contributed by atoms with E-state index in [1.165, 1.54) is 49.9 Å². The normalized spacial score (nSPS) is 21.4. The summed E-state index contributed by atoms with van der Waals surface area (Å²) in [6, 6.07) is 12.7. The van der Waals surface area contributed by atoms with Gasteiger partial charge < -0.3 is 15.2 Å². The van der Waals surface area contributed by atoms with E-state index in [1.807, 2.05) is 35.4 Å². The third-order valence-electron chi connectivity index (χ3n) is 7.41. The number of piperidine rings is 1. The summed E-state index contributed by atoms with van der Waals surface area (Å²) in [6.07, 6.45) is 8.36. The van der Waals surface area contributed by atoms with E-state index in [0.29, 0.717) is 17.9 Å². The number of benzene rings is 2. The van der Waals surface area contributed by atoms with Gasteiger partial charge in [0.05, 0.1) is 0 Å². The summed E-state index contributed by atoms with van der Waals surface area (Å²) in [5, 5.41) is 4.01. The molecule has 3 aromatic rings. The lowest BCUT2D eigenvalue weighted by Gasteiger charge is -2.42. The highest BCUT2D eigenvalue weighted by atomic mass is 19.1. The maximum Gasteiger partial charge on any atom is 0.251 e. The van der Waals surface area contributed by atoms with Crippen LogP contribution in [0.5, 0.6) is 0 Å². The monoisotopic (exact) mass is 447 g/mol. The van der Waals surface area contributed by atoms with Gasteiger partial charge in [-0.1, -0.05) is 37.5 Å². The molecule has 172 valence electrons. The molecule has 2 amide bonds. The van der Waals surface area contributed by atoms with Crippen molar-refractivity contribution in [1.29, 1.82) is 0 Å². The number of hydrogen-bond donors (Lipinski definition) is 2. The molecule has 33 heavy (non-hydrogen) atoms. The van der Waals surface area contributed by atoms with Crippen LogP contribution < -0.4 is 5.32 Å². The Morgan fingerprint density at radius 3 is 2.61 bits per heavy atom. The molecule has 1 saturated carbocycles. The number of nitrogens with one attached hydrogen (secondary N) is 2. The van der Waals surface area contributed by atoms with Crippen LogP contribution in [0.25, 0.3) is 10.9 Å². The predicted molar refractivity (Wildman–Crippen MR) is 126 cm³/mol. The molecule has 2 aromatic carbocycles. The number of rotatable bonds is 5. The molecule has 0 bridgehead atoms. The lowest BCUT2D eigenvalue weighted by atomic mass is 9.75. The highest BCUT2D eigenvalue weighted by molar-refractivity contribution is 5.98. The third kappa shape index (κ3) is 4.65. The minimum Gasteiger partial charge on any atom is -0.361 e. The number of hydrogen-bond acceptors (Lipinski definition) is 2. The van der Waals surface area contributed by atoms with Crippen molar-refractivity contribution in [3.63, 3.8) is 0 Å². The Balaban J connectivity index is 1.38. The zero-order valence-electron chi connectivity index (χ0n) is 18.7. The van der Waals surface area contributed by atoms with Crippen molar-refractivity contribution >= 4 is 22.7 Å². The van der Waals surface area contributed by atoms with Crippen molar-refractivity contribution in [2.24, 2.45) is 11.8 Å². The van der Waals surface area contributed by atoms with Crippen LogP contribution in [0.15, 0.2) is 54.7 Å². The molecule has 2 aliphatic rings. The van der Waals surface area contributed by atoms with Crippen LogP contribution in [0.1, 0.15) is 48.0 Å². The van der Waals surface area contributed by atoms with E-state index in [-0.39, 0.29) is 11.8 Å². The van der Waals surface area contributed by atoms with Crippen LogP contribution >= 0.6 is 0 Å². The van der Waals surface area contributed by atoms with Crippen molar-refractivity contribution in [3.8, 4) is 0 Å². The fourth-order valence-electron chi connectivity index (χ4n) is 5.58. The molecule has 5 nitrogen and oxygen atoms in total. The first kappa shape index (κ1) is 21.7. The van der Waals surface area contributed by atoms with Crippen LogP contribution in [-0.2, 0) is 11.2 Å². The van der Waals surface area contributed by atoms with Crippen molar-refractivity contribution in [2.45, 2.75) is 44.6 Å². The number of halogens is 1. The van der Waals surface area contributed by atoms with Crippen LogP contribution in [0.3, 0.4) is 0 Å². The third-order valence-corrected chi connectivity index (χ3v) is 7.41. The summed E-state index contributed by atoms with van der Waals surface area (Å²) < 4.78 is 13.3. The Morgan fingerprint density at radius 2 is 1.79 bits per heavy atom. The highest BCUT2D eigenvalue weighted by Gasteiger charge is 2.36. The number of aromatic amines is 1. The maximum absolute atomic E-state index is 13.7. The van der Waals surface area contributed by atoms with Gasteiger partial charge in [-0.3, -0.25) is 9.59 Å². The molecule has 3 atom stereocenters. The summed E-state index contributed by atoms with van der Waals surface area (Å²) in [5.74, 6) is 0.510. The van der Waals surface area contributed by atoms with Gasteiger partial charge in [-0.15, -0.1) is 0 Å². The maximum atomic E-state index is 13.7. The Bertz CT molecular complexity index is 1140. The molecule has 2 fully saturated rings. The summed E-state index contributed by atoms with van der Waals surface area (Å²) in [7, 11) is 0. The number of aromatic nitrogens is 1. The number of fused-ring (bicyclic) bond motifs is 2. The van der Waals surface area contributed by atoms with E-state index in [1.54, 1.807) is 0 Å². The zero-order chi connectivity index (χ0) is 22.8. The number of carbonyl (C=O) groups excluding carboxylic acids is 2. The second-order valence-corrected chi connectivity index (χ2v) is 9.47.